The van der Waals surface area contributed by atoms with E-state index in [1.165, 1.54) is 6.20 Å². The topological polar surface area (TPSA) is 125 Å². The van der Waals surface area contributed by atoms with Gasteiger partial charge < -0.3 is 26.2 Å². The number of hydrogen-bond acceptors (Lipinski definition) is 7. The minimum Gasteiger partial charge on any atom is -0.388 e. The Morgan fingerprint density at radius 3 is 2.55 bits per heavy atom. The van der Waals surface area contributed by atoms with Crippen LogP contribution in [0.3, 0.4) is 0 Å². The number of aromatic nitrogens is 2. The van der Waals surface area contributed by atoms with Gasteiger partial charge in [0.2, 0.25) is 0 Å². The number of pyridine rings is 2. The molecule has 0 radical (unpaired) electrons. The lowest BCUT2D eigenvalue weighted by molar-refractivity contribution is -0.0258. The van der Waals surface area contributed by atoms with Crippen LogP contribution in [-0.2, 0) is 6.42 Å². The Bertz CT molecular complexity index is 1380. The highest BCUT2D eigenvalue weighted by Gasteiger charge is 2.43. The normalized spacial score (nSPS) is 24.8. The van der Waals surface area contributed by atoms with Crippen molar-refractivity contribution in [3.05, 3.63) is 70.9 Å². The number of benzene rings is 1. The minimum absolute atomic E-state index is 0.207. The number of rotatable bonds is 4. The molecule has 1 fully saturated rings. The van der Waals surface area contributed by atoms with Crippen LogP contribution in [0.4, 0.5) is 24.5 Å². The molecule has 5 N–H and O–H groups in total. The van der Waals surface area contributed by atoms with Gasteiger partial charge >= 0.3 is 0 Å². The van der Waals surface area contributed by atoms with Crippen LogP contribution in [-0.4, -0.2) is 50.8 Å². The van der Waals surface area contributed by atoms with Crippen LogP contribution in [0.2, 0.25) is 0 Å². The molecule has 1 aliphatic carbocycles. The van der Waals surface area contributed by atoms with Gasteiger partial charge in [0, 0.05) is 24.6 Å². The number of carbonyl (C=O) groups is 1. The lowest BCUT2D eigenvalue weighted by Crippen LogP contribution is -2.62. The first kappa shape index (κ1) is 26.1. The van der Waals surface area contributed by atoms with E-state index in [4.69, 9.17) is 5.73 Å². The van der Waals surface area contributed by atoms with E-state index in [0.717, 1.165) is 35.9 Å². The Morgan fingerprint density at radius 1 is 1.16 bits per heavy atom. The van der Waals surface area contributed by atoms with Gasteiger partial charge in [-0.1, -0.05) is 13.0 Å². The van der Waals surface area contributed by atoms with Gasteiger partial charge in [0.15, 0.2) is 0 Å². The standard InChI is InChI=1S/C27H28F3N5O3/c1-13-11-35(12-21(31)27(13,2)38)25-14-6-9-20(36)23(14)32-10-19(25)34-26(37)18-8-7-17(30)24(33-18)22-15(28)4-3-5-16(22)29/h3-5,7-8,10,13,20-21,36,38H,6,9,11-12,31H2,1-2H3,(H,34,37)/t13-,20+,21+,27?/m0/s1. The van der Waals surface area contributed by atoms with Gasteiger partial charge in [-0.25, -0.2) is 18.2 Å². The molecule has 2 aliphatic rings. The molecule has 1 unspecified atom stereocenters. The van der Waals surface area contributed by atoms with Gasteiger partial charge in [-0.05, 0) is 44.0 Å². The van der Waals surface area contributed by atoms with E-state index in [1.54, 1.807) is 6.92 Å². The first-order valence-electron chi connectivity index (χ1n) is 12.3. The minimum atomic E-state index is -1.09. The highest BCUT2D eigenvalue weighted by molar-refractivity contribution is 6.05. The highest BCUT2D eigenvalue weighted by atomic mass is 19.1. The first-order chi connectivity index (χ1) is 18.0. The average Bonchev–Trinajstić information content (AvgIpc) is 3.24. The monoisotopic (exact) mass is 527 g/mol. The molecule has 1 aliphatic heterocycles. The van der Waals surface area contributed by atoms with Crippen molar-refractivity contribution >= 4 is 17.3 Å². The number of nitrogens with zero attached hydrogens (tertiary/aromatic N) is 3. The number of nitrogens with one attached hydrogen (secondary N) is 1. The molecule has 4 atom stereocenters. The molecule has 0 saturated carbocycles. The number of hydrogen-bond donors (Lipinski definition) is 4. The third-order valence-electron chi connectivity index (χ3n) is 7.67. The Labute approximate surface area is 217 Å². The van der Waals surface area contributed by atoms with Crippen molar-refractivity contribution < 1.29 is 28.2 Å². The number of nitrogens with two attached hydrogens (primary N) is 1. The number of piperidine rings is 1. The maximum Gasteiger partial charge on any atom is 0.274 e. The number of anilines is 2. The molecule has 8 nitrogen and oxygen atoms in total. The molecule has 200 valence electrons. The van der Waals surface area contributed by atoms with E-state index in [1.807, 2.05) is 11.8 Å². The van der Waals surface area contributed by atoms with Crippen LogP contribution in [0.1, 0.15) is 48.1 Å². The highest BCUT2D eigenvalue weighted by Crippen LogP contribution is 2.42. The van der Waals surface area contributed by atoms with E-state index in [0.29, 0.717) is 36.5 Å². The summed E-state index contributed by atoms with van der Waals surface area (Å²) in [6, 6.07) is 4.56. The quantitative estimate of drug-likeness (QED) is 0.410. The van der Waals surface area contributed by atoms with E-state index < -0.39 is 52.4 Å². The van der Waals surface area contributed by atoms with Crippen molar-refractivity contribution in [2.24, 2.45) is 11.7 Å². The summed E-state index contributed by atoms with van der Waals surface area (Å²) in [6.45, 7) is 4.30. The molecular weight excluding hydrogens is 499 g/mol. The van der Waals surface area contributed by atoms with Crippen molar-refractivity contribution in [1.82, 2.24) is 9.97 Å². The van der Waals surface area contributed by atoms with Crippen molar-refractivity contribution in [1.29, 1.82) is 0 Å². The van der Waals surface area contributed by atoms with Crippen LogP contribution >= 0.6 is 0 Å². The summed E-state index contributed by atoms with van der Waals surface area (Å²) in [5.74, 6) is -3.95. The second-order valence-corrected chi connectivity index (χ2v) is 10.2. The van der Waals surface area contributed by atoms with Crippen LogP contribution in [0.5, 0.6) is 0 Å². The van der Waals surface area contributed by atoms with Gasteiger partial charge in [0.05, 0.1) is 46.6 Å². The van der Waals surface area contributed by atoms with Gasteiger partial charge in [-0.15, -0.1) is 0 Å². The SMILES string of the molecule is C[C@H]1CN(c2c(NC(=O)c3ccc(F)c(-c4c(F)cccc4F)n3)cnc3c2CC[C@H]3O)C[C@@H](N)C1(C)O. The zero-order chi connectivity index (χ0) is 27.4. The first-order valence-corrected chi connectivity index (χ1v) is 12.3. The Hall–Kier alpha value is -3.54. The molecule has 2 aromatic heterocycles. The lowest BCUT2D eigenvalue weighted by atomic mass is 9.80. The molecule has 1 amide bonds. The van der Waals surface area contributed by atoms with Gasteiger partial charge in [-0.3, -0.25) is 9.78 Å². The third-order valence-corrected chi connectivity index (χ3v) is 7.67. The number of aliphatic hydroxyl groups is 2. The molecule has 0 bridgehead atoms. The zero-order valence-electron chi connectivity index (χ0n) is 20.9. The largest absolute Gasteiger partial charge is 0.388 e. The fourth-order valence-electron chi connectivity index (χ4n) is 5.18. The van der Waals surface area contributed by atoms with E-state index >= 15 is 0 Å². The fraction of sp³-hybridized carbons (Fsp3) is 0.370. The van der Waals surface area contributed by atoms with Gasteiger partial charge in [0.25, 0.3) is 5.91 Å². The van der Waals surface area contributed by atoms with Crippen LogP contribution in [0, 0.1) is 23.4 Å². The Morgan fingerprint density at radius 2 is 1.87 bits per heavy atom. The molecule has 11 heteroatoms. The van der Waals surface area contributed by atoms with Crippen molar-refractivity contribution in [3.63, 3.8) is 0 Å². The predicted octanol–water partition coefficient (Wildman–Crippen LogP) is 3.33. The summed E-state index contributed by atoms with van der Waals surface area (Å²) in [6.07, 6.45) is 1.66. The summed E-state index contributed by atoms with van der Waals surface area (Å²) >= 11 is 0. The van der Waals surface area contributed by atoms with E-state index in [2.05, 4.69) is 15.3 Å². The number of amides is 1. The molecule has 3 heterocycles. The molecule has 5 rings (SSSR count). The van der Waals surface area contributed by atoms with Crippen LogP contribution < -0.4 is 16.0 Å². The van der Waals surface area contributed by atoms with Crippen LogP contribution in [0.15, 0.2) is 36.5 Å². The smallest absolute Gasteiger partial charge is 0.274 e. The molecule has 1 aromatic carbocycles. The third kappa shape index (κ3) is 4.40. The van der Waals surface area contributed by atoms with E-state index in [-0.39, 0.29) is 18.2 Å². The van der Waals surface area contributed by atoms with Gasteiger partial charge in [0.1, 0.15) is 28.8 Å². The summed E-state index contributed by atoms with van der Waals surface area (Å²) in [5.41, 5.74) is 5.87. The summed E-state index contributed by atoms with van der Waals surface area (Å²) in [4.78, 5) is 23.5. The summed E-state index contributed by atoms with van der Waals surface area (Å²) < 4.78 is 43.2. The Kier molecular flexibility index (Phi) is 6.62. The van der Waals surface area contributed by atoms with Gasteiger partial charge in [-0.2, -0.15) is 0 Å². The summed E-state index contributed by atoms with van der Waals surface area (Å²) in [7, 11) is 0. The number of carbonyl (C=O) groups excluding carboxylic acids is 1. The number of halogens is 3. The fourth-order valence-corrected chi connectivity index (χ4v) is 5.18. The molecule has 1 saturated heterocycles. The van der Waals surface area contributed by atoms with Crippen molar-refractivity contribution in [2.75, 3.05) is 23.3 Å². The average molecular weight is 528 g/mol. The second-order valence-electron chi connectivity index (χ2n) is 10.2. The molecular formula is C27H28F3N5O3. The maximum atomic E-state index is 14.5. The molecule has 0 spiro atoms. The molecule has 38 heavy (non-hydrogen) atoms. The van der Waals surface area contributed by atoms with E-state index in [9.17, 15) is 28.2 Å². The summed E-state index contributed by atoms with van der Waals surface area (Å²) in [5, 5.41) is 23.9. The second kappa shape index (κ2) is 9.64. The number of fused-ring (bicyclic) bond motifs is 1. The maximum absolute atomic E-state index is 14.5. The van der Waals surface area contributed by atoms with Crippen molar-refractivity contribution in [3.8, 4) is 11.3 Å². The van der Waals surface area contributed by atoms with Crippen LogP contribution in [0.25, 0.3) is 11.3 Å². The zero-order valence-corrected chi connectivity index (χ0v) is 20.9. The van der Waals surface area contributed by atoms with Crippen molar-refractivity contribution in [2.45, 2.75) is 44.4 Å². The number of aliphatic hydroxyl groups excluding tert-OH is 1. The molecule has 3 aromatic rings. The predicted molar refractivity (Wildman–Crippen MR) is 135 cm³/mol. The Balaban J connectivity index is 1.52. The lowest BCUT2D eigenvalue weighted by Gasteiger charge is -2.47.